The van der Waals surface area contributed by atoms with E-state index in [1.54, 1.807) is 18.4 Å². The van der Waals surface area contributed by atoms with Crippen LogP contribution >= 0.6 is 0 Å². The molecule has 0 saturated heterocycles. The van der Waals surface area contributed by atoms with Crippen LogP contribution in [-0.4, -0.2) is 21.0 Å². The quantitative estimate of drug-likeness (QED) is 0.710. The number of phenolic OH excluding ortho intramolecular Hbond substituents is 1. The maximum absolute atomic E-state index is 11.8. The van der Waals surface area contributed by atoms with Crippen LogP contribution in [0.2, 0.25) is 0 Å². The smallest absolute Gasteiger partial charge is 0.269 e. The van der Waals surface area contributed by atoms with Crippen LogP contribution in [-0.2, 0) is 11.2 Å². The van der Waals surface area contributed by atoms with E-state index in [9.17, 15) is 9.32 Å². The summed E-state index contributed by atoms with van der Waals surface area (Å²) in [6.45, 7) is 3.91. The Morgan fingerprint density at radius 3 is 2.81 bits per heavy atom. The lowest BCUT2D eigenvalue weighted by Crippen LogP contribution is -2.36. The SMILES string of the molecule is CC[C@@H](NC1=NS(=O)N=C1Nc1cccc(C#N)c1O)c1cc(C)co1. The number of phenols is 1. The average Bonchev–Trinajstić information content (AvgIpc) is 3.20. The molecule has 2 atom stereocenters. The predicted octanol–water partition coefficient (Wildman–Crippen LogP) is 2.71. The van der Waals surface area contributed by atoms with Crippen LogP contribution in [0.4, 0.5) is 5.69 Å². The zero-order valence-corrected chi connectivity index (χ0v) is 15.0. The van der Waals surface area contributed by atoms with Crippen LogP contribution in [0.3, 0.4) is 0 Å². The van der Waals surface area contributed by atoms with Gasteiger partial charge >= 0.3 is 0 Å². The van der Waals surface area contributed by atoms with Crippen LogP contribution < -0.4 is 10.6 Å². The van der Waals surface area contributed by atoms with E-state index in [1.807, 2.05) is 26.0 Å². The van der Waals surface area contributed by atoms with Gasteiger partial charge in [0.2, 0.25) is 0 Å². The number of anilines is 1. The minimum Gasteiger partial charge on any atom is -0.504 e. The van der Waals surface area contributed by atoms with Gasteiger partial charge in [-0.25, -0.2) is 4.21 Å². The molecule has 2 aromatic rings. The Hall–Kier alpha value is -3.12. The molecule has 2 heterocycles. The minimum absolute atomic E-state index is 0.124. The van der Waals surface area contributed by atoms with E-state index >= 15 is 0 Å². The molecule has 0 fully saturated rings. The highest BCUT2D eigenvalue weighted by Crippen LogP contribution is 2.27. The van der Waals surface area contributed by atoms with Gasteiger partial charge in [0.15, 0.2) is 17.4 Å². The summed E-state index contributed by atoms with van der Waals surface area (Å²) in [4.78, 5) is 0. The van der Waals surface area contributed by atoms with Gasteiger partial charge in [0.05, 0.1) is 23.6 Å². The third-order valence-electron chi connectivity index (χ3n) is 3.79. The van der Waals surface area contributed by atoms with Gasteiger partial charge in [-0.1, -0.05) is 13.0 Å². The first-order valence-corrected chi connectivity index (χ1v) is 8.98. The number of rotatable bonds is 4. The van der Waals surface area contributed by atoms with Crippen molar-refractivity contribution in [3.8, 4) is 11.8 Å². The monoisotopic (exact) mass is 371 g/mol. The zero-order chi connectivity index (χ0) is 18.7. The first-order chi connectivity index (χ1) is 12.5. The van der Waals surface area contributed by atoms with Crippen molar-refractivity contribution in [1.29, 1.82) is 5.26 Å². The zero-order valence-electron chi connectivity index (χ0n) is 14.2. The number of nitrogens with zero attached hydrogens (tertiary/aromatic N) is 3. The van der Waals surface area contributed by atoms with Gasteiger partial charge in [0, 0.05) is 0 Å². The molecule has 1 aromatic heterocycles. The molecule has 3 N–H and O–H groups in total. The molecule has 1 aliphatic heterocycles. The topological polar surface area (TPSA) is 123 Å². The van der Waals surface area contributed by atoms with Crippen molar-refractivity contribution in [3.63, 3.8) is 0 Å². The van der Waals surface area contributed by atoms with Crippen LogP contribution in [0, 0.1) is 18.3 Å². The lowest BCUT2D eigenvalue weighted by molar-refractivity contribution is 0.440. The van der Waals surface area contributed by atoms with E-state index in [-0.39, 0.29) is 28.9 Å². The van der Waals surface area contributed by atoms with Crippen molar-refractivity contribution < 1.29 is 13.7 Å². The molecule has 1 aromatic carbocycles. The van der Waals surface area contributed by atoms with Gasteiger partial charge in [0.1, 0.15) is 11.8 Å². The molecule has 9 heteroatoms. The maximum Gasteiger partial charge on any atom is 0.269 e. The molecular formula is C17H17N5O3S. The van der Waals surface area contributed by atoms with E-state index in [4.69, 9.17) is 9.68 Å². The number of nitrogens with one attached hydrogen (secondary N) is 2. The van der Waals surface area contributed by atoms with E-state index in [0.717, 1.165) is 11.3 Å². The number of aryl methyl sites for hydroxylation is 1. The van der Waals surface area contributed by atoms with Gasteiger partial charge in [-0.2, -0.15) is 5.26 Å². The Morgan fingerprint density at radius 2 is 2.15 bits per heavy atom. The second-order valence-electron chi connectivity index (χ2n) is 5.68. The molecular weight excluding hydrogens is 354 g/mol. The molecule has 3 rings (SSSR count). The van der Waals surface area contributed by atoms with Crippen LogP contribution in [0.15, 0.2) is 43.7 Å². The van der Waals surface area contributed by atoms with Gasteiger partial charge in [-0.05, 0) is 37.1 Å². The molecule has 0 aliphatic carbocycles. The van der Waals surface area contributed by atoms with Crippen LogP contribution in [0.25, 0.3) is 0 Å². The third kappa shape index (κ3) is 3.60. The highest BCUT2D eigenvalue weighted by Gasteiger charge is 2.24. The molecule has 0 bridgehead atoms. The van der Waals surface area contributed by atoms with E-state index in [2.05, 4.69) is 19.4 Å². The number of hydrogen-bond acceptors (Lipinski definition) is 6. The fourth-order valence-electron chi connectivity index (χ4n) is 2.48. The van der Waals surface area contributed by atoms with E-state index < -0.39 is 11.2 Å². The summed E-state index contributed by atoms with van der Waals surface area (Å²) in [6, 6.07) is 8.34. The molecule has 26 heavy (non-hydrogen) atoms. The molecule has 0 spiro atoms. The Balaban J connectivity index is 1.82. The normalized spacial score (nSPS) is 17.2. The van der Waals surface area contributed by atoms with Crippen molar-refractivity contribution >= 4 is 28.5 Å². The number of amidine groups is 2. The average molecular weight is 371 g/mol. The summed E-state index contributed by atoms with van der Waals surface area (Å²) >= 11 is -1.77. The summed E-state index contributed by atoms with van der Waals surface area (Å²) in [5.41, 5.74) is 1.40. The second kappa shape index (κ2) is 7.41. The standard InChI is InChI=1S/C17H17N5O3S/c1-3-12(14-7-10(2)9-25-14)19-16-17(22-26(24)21-16)20-13-6-4-5-11(8-18)15(13)23/h4-7,9,12,23H,3H2,1-2H3,(H,19,21)(H,20,22)/t12-,26?/m1/s1. The number of hydrogen-bond donors (Lipinski definition) is 3. The Morgan fingerprint density at radius 1 is 1.38 bits per heavy atom. The highest BCUT2D eigenvalue weighted by atomic mass is 32.2. The van der Waals surface area contributed by atoms with Crippen molar-refractivity contribution in [3.05, 3.63) is 47.4 Å². The molecule has 134 valence electrons. The third-order valence-corrected chi connectivity index (χ3v) is 4.46. The van der Waals surface area contributed by atoms with E-state index in [0.29, 0.717) is 12.3 Å². The van der Waals surface area contributed by atoms with Crippen LogP contribution in [0.5, 0.6) is 5.75 Å². The summed E-state index contributed by atoms with van der Waals surface area (Å²) in [6.07, 6.45) is 2.37. The Bertz CT molecular complexity index is 958. The predicted molar refractivity (Wildman–Crippen MR) is 99.1 cm³/mol. The molecule has 0 radical (unpaired) electrons. The largest absolute Gasteiger partial charge is 0.504 e. The minimum atomic E-state index is -1.77. The summed E-state index contributed by atoms with van der Waals surface area (Å²) < 4.78 is 25.2. The molecule has 1 aliphatic rings. The molecule has 0 amide bonds. The van der Waals surface area contributed by atoms with Gasteiger partial charge in [-0.15, -0.1) is 8.80 Å². The van der Waals surface area contributed by atoms with Crippen molar-refractivity contribution in [2.45, 2.75) is 26.3 Å². The molecule has 1 unspecified atom stereocenters. The number of aromatic hydroxyl groups is 1. The summed E-state index contributed by atoms with van der Waals surface area (Å²) in [5.74, 6) is 1.05. The first-order valence-electron chi connectivity index (χ1n) is 7.92. The van der Waals surface area contributed by atoms with Crippen molar-refractivity contribution in [2.75, 3.05) is 5.32 Å². The van der Waals surface area contributed by atoms with Crippen molar-refractivity contribution in [2.24, 2.45) is 8.80 Å². The highest BCUT2D eigenvalue weighted by molar-refractivity contribution is 7.83. The number of benzene rings is 1. The lowest BCUT2D eigenvalue weighted by Gasteiger charge is -2.17. The van der Waals surface area contributed by atoms with Crippen molar-refractivity contribution in [1.82, 2.24) is 5.32 Å². The lowest BCUT2D eigenvalue weighted by atomic mass is 10.1. The number of nitriles is 1. The summed E-state index contributed by atoms with van der Waals surface area (Å²) in [5, 5.41) is 25.2. The van der Waals surface area contributed by atoms with Gasteiger partial charge in [0.25, 0.3) is 11.2 Å². The maximum atomic E-state index is 11.8. The van der Waals surface area contributed by atoms with Gasteiger partial charge in [-0.3, -0.25) is 0 Å². The second-order valence-corrected chi connectivity index (χ2v) is 6.51. The number of para-hydroxylation sites is 1. The van der Waals surface area contributed by atoms with Gasteiger partial charge < -0.3 is 20.2 Å². The fraction of sp³-hybridized carbons (Fsp3) is 0.235. The van der Waals surface area contributed by atoms with E-state index in [1.165, 1.54) is 6.07 Å². The Kier molecular flexibility index (Phi) is 5.04. The first kappa shape index (κ1) is 17.7. The van der Waals surface area contributed by atoms with Crippen LogP contribution in [0.1, 0.15) is 36.3 Å². The summed E-state index contributed by atoms with van der Waals surface area (Å²) in [7, 11) is 0. The fourth-order valence-corrected chi connectivity index (χ4v) is 3.10. The molecule has 0 saturated carbocycles. The molecule has 8 nitrogen and oxygen atoms in total. The number of furan rings is 1. The Labute approximate surface area is 153 Å².